The van der Waals surface area contributed by atoms with Gasteiger partial charge in [-0.25, -0.2) is 14.6 Å². The third kappa shape index (κ3) is 4.61. The molecule has 1 aliphatic heterocycles. The van der Waals surface area contributed by atoms with Crippen LogP contribution >= 0.6 is 0 Å². The van der Waals surface area contributed by atoms with Gasteiger partial charge in [-0.05, 0) is 40.9 Å². The molecule has 0 spiro atoms. The van der Waals surface area contributed by atoms with Gasteiger partial charge in [0.05, 0.1) is 18.4 Å². The van der Waals surface area contributed by atoms with Gasteiger partial charge in [0.2, 0.25) is 11.3 Å². The Morgan fingerprint density at radius 2 is 1.74 bits per heavy atom. The first-order valence-electron chi connectivity index (χ1n) is 10.4. The number of aromatic nitrogens is 5. The van der Waals surface area contributed by atoms with Crippen LogP contribution in [0.5, 0.6) is 0 Å². The Morgan fingerprint density at radius 1 is 0.968 bits per heavy atom. The van der Waals surface area contributed by atoms with Gasteiger partial charge < -0.3 is 15.0 Å². The summed E-state index contributed by atoms with van der Waals surface area (Å²) in [6, 6.07) is 16.0. The summed E-state index contributed by atoms with van der Waals surface area (Å²) in [5.74, 6) is 1.45. The number of hydrogen-bond donors (Lipinski definition) is 1. The first-order valence-corrected chi connectivity index (χ1v) is 10.4. The highest BCUT2D eigenvalue weighted by Crippen LogP contribution is 2.28. The highest BCUT2D eigenvalue weighted by Gasteiger charge is 2.24. The molecule has 1 aromatic carbocycles. The Labute approximate surface area is 179 Å². The van der Waals surface area contributed by atoms with E-state index in [0.717, 1.165) is 43.0 Å². The minimum atomic E-state index is 0.199. The molecule has 0 amide bonds. The van der Waals surface area contributed by atoms with E-state index in [9.17, 15) is 0 Å². The van der Waals surface area contributed by atoms with Crippen molar-refractivity contribution >= 4 is 22.9 Å². The van der Waals surface area contributed by atoms with Crippen LogP contribution in [-0.4, -0.2) is 44.5 Å². The van der Waals surface area contributed by atoms with Gasteiger partial charge in [-0.2, -0.15) is 0 Å². The molecule has 4 aromatic rings. The third-order valence-electron chi connectivity index (χ3n) is 5.33. The number of fused-ring (bicyclic) bond motifs is 1. The maximum Gasteiger partial charge on any atom is 0.245 e. The number of piperidine rings is 1. The smallest absolute Gasteiger partial charge is 0.245 e. The summed E-state index contributed by atoms with van der Waals surface area (Å²) in [6.07, 6.45) is 3.80. The Kier molecular flexibility index (Phi) is 5.66. The lowest BCUT2D eigenvalue weighted by Gasteiger charge is -2.33. The Morgan fingerprint density at radius 3 is 2.52 bits per heavy atom. The number of ether oxygens (including phenoxy) is 1. The largest absolute Gasteiger partial charge is 0.372 e. The van der Waals surface area contributed by atoms with E-state index in [2.05, 4.69) is 47.6 Å². The molecule has 4 heterocycles. The lowest BCUT2D eigenvalue weighted by molar-refractivity contribution is 0.0234. The minimum Gasteiger partial charge on any atom is -0.372 e. The summed E-state index contributed by atoms with van der Waals surface area (Å²) in [5.41, 5.74) is 2.92. The highest BCUT2D eigenvalue weighted by atomic mass is 16.6. The summed E-state index contributed by atoms with van der Waals surface area (Å²) >= 11 is 0. The maximum absolute atomic E-state index is 6.07. The molecule has 0 bridgehead atoms. The molecule has 5 rings (SSSR count). The minimum absolute atomic E-state index is 0.199. The van der Waals surface area contributed by atoms with Crippen LogP contribution < -0.4 is 10.2 Å². The zero-order valence-electron chi connectivity index (χ0n) is 17.0. The van der Waals surface area contributed by atoms with Gasteiger partial charge in [0.15, 0.2) is 11.6 Å². The standard InChI is InChI=1S/C22H23N7O2/c1-2-6-16(7-3-1)14-24-21-22(26-20-19(25-21)27-31-28-20)29-12-9-18(10-13-29)30-15-17-8-4-5-11-23-17/h1-8,11,18H,9-10,12-15H2,(H,24,25,27). The predicted octanol–water partition coefficient (Wildman–Crippen LogP) is 3.21. The van der Waals surface area contributed by atoms with E-state index in [-0.39, 0.29) is 6.10 Å². The van der Waals surface area contributed by atoms with Crippen molar-refractivity contribution < 1.29 is 9.37 Å². The van der Waals surface area contributed by atoms with Gasteiger partial charge in [-0.3, -0.25) is 4.98 Å². The van der Waals surface area contributed by atoms with Crippen LogP contribution in [0.25, 0.3) is 11.3 Å². The summed E-state index contributed by atoms with van der Waals surface area (Å²) < 4.78 is 10.9. The fraction of sp³-hybridized carbons (Fsp3) is 0.318. The van der Waals surface area contributed by atoms with E-state index >= 15 is 0 Å². The van der Waals surface area contributed by atoms with Crippen molar-refractivity contribution in [3.05, 3.63) is 66.0 Å². The average Bonchev–Trinajstić information content (AvgIpc) is 3.30. The van der Waals surface area contributed by atoms with Gasteiger partial charge in [-0.1, -0.05) is 36.4 Å². The van der Waals surface area contributed by atoms with Crippen LogP contribution in [0.3, 0.4) is 0 Å². The molecule has 0 radical (unpaired) electrons. The van der Waals surface area contributed by atoms with Gasteiger partial charge >= 0.3 is 0 Å². The van der Waals surface area contributed by atoms with Gasteiger partial charge in [0, 0.05) is 25.8 Å². The first kappa shape index (κ1) is 19.4. The summed E-state index contributed by atoms with van der Waals surface area (Å²) in [6.45, 7) is 2.81. The van der Waals surface area contributed by atoms with E-state index in [1.54, 1.807) is 6.20 Å². The molecule has 0 atom stereocenters. The predicted molar refractivity (Wildman–Crippen MR) is 115 cm³/mol. The number of nitrogens with one attached hydrogen (secondary N) is 1. The first-order chi connectivity index (χ1) is 15.3. The fourth-order valence-corrected chi connectivity index (χ4v) is 3.67. The Bertz CT molecular complexity index is 1110. The number of hydrogen-bond acceptors (Lipinski definition) is 9. The van der Waals surface area contributed by atoms with E-state index in [1.165, 1.54) is 0 Å². The number of benzene rings is 1. The molecule has 1 N–H and O–H groups in total. The number of pyridine rings is 1. The molecule has 1 saturated heterocycles. The van der Waals surface area contributed by atoms with Crippen LogP contribution in [-0.2, 0) is 17.9 Å². The Hall–Kier alpha value is -3.59. The van der Waals surface area contributed by atoms with Gasteiger partial charge in [0.25, 0.3) is 0 Å². The van der Waals surface area contributed by atoms with Crippen molar-refractivity contribution in [1.82, 2.24) is 25.3 Å². The van der Waals surface area contributed by atoms with Crippen molar-refractivity contribution in [3.8, 4) is 0 Å². The van der Waals surface area contributed by atoms with E-state index in [4.69, 9.17) is 9.37 Å². The van der Waals surface area contributed by atoms with E-state index in [1.807, 2.05) is 36.4 Å². The van der Waals surface area contributed by atoms with Crippen LogP contribution in [0.2, 0.25) is 0 Å². The van der Waals surface area contributed by atoms with Crippen molar-refractivity contribution in [3.63, 3.8) is 0 Å². The lowest BCUT2D eigenvalue weighted by Crippen LogP contribution is -2.38. The van der Waals surface area contributed by atoms with Crippen LogP contribution in [0, 0.1) is 0 Å². The zero-order chi connectivity index (χ0) is 20.9. The summed E-state index contributed by atoms with van der Waals surface area (Å²) in [7, 11) is 0. The molecule has 0 aliphatic carbocycles. The van der Waals surface area contributed by atoms with Crippen molar-refractivity contribution in [1.29, 1.82) is 0 Å². The van der Waals surface area contributed by atoms with Crippen molar-refractivity contribution in [2.75, 3.05) is 23.3 Å². The highest BCUT2D eigenvalue weighted by molar-refractivity contribution is 5.74. The van der Waals surface area contributed by atoms with Crippen LogP contribution in [0.1, 0.15) is 24.1 Å². The van der Waals surface area contributed by atoms with Crippen molar-refractivity contribution in [2.45, 2.75) is 32.1 Å². The fourth-order valence-electron chi connectivity index (χ4n) is 3.67. The van der Waals surface area contributed by atoms with Crippen LogP contribution in [0.4, 0.5) is 11.6 Å². The lowest BCUT2D eigenvalue weighted by atomic mass is 10.1. The molecule has 9 nitrogen and oxygen atoms in total. The second-order valence-corrected chi connectivity index (χ2v) is 7.46. The van der Waals surface area contributed by atoms with Gasteiger partial charge in [-0.15, -0.1) is 0 Å². The molecule has 31 heavy (non-hydrogen) atoms. The SMILES string of the molecule is c1ccc(CNc2nc3nonc3nc2N2CCC(OCc3ccccn3)CC2)cc1. The molecule has 1 fully saturated rings. The Balaban J connectivity index is 1.27. The van der Waals surface area contributed by atoms with E-state index < -0.39 is 0 Å². The summed E-state index contributed by atoms with van der Waals surface area (Å²) in [4.78, 5) is 15.8. The summed E-state index contributed by atoms with van der Waals surface area (Å²) in [5, 5.41) is 11.1. The molecule has 0 saturated carbocycles. The normalized spacial score (nSPS) is 14.8. The average molecular weight is 417 g/mol. The quantitative estimate of drug-likeness (QED) is 0.485. The molecule has 0 unspecified atom stereocenters. The third-order valence-corrected chi connectivity index (χ3v) is 5.33. The maximum atomic E-state index is 6.07. The topological polar surface area (TPSA) is 102 Å². The molecular formula is C22H23N7O2. The van der Waals surface area contributed by atoms with Crippen molar-refractivity contribution in [2.24, 2.45) is 0 Å². The second-order valence-electron chi connectivity index (χ2n) is 7.46. The van der Waals surface area contributed by atoms with Gasteiger partial charge in [0.1, 0.15) is 0 Å². The number of nitrogens with zero attached hydrogens (tertiary/aromatic N) is 6. The molecule has 9 heteroatoms. The number of rotatable bonds is 7. The monoisotopic (exact) mass is 417 g/mol. The molecule has 158 valence electrons. The number of anilines is 2. The molecule has 3 aromatic heterocycles. The molecule has 1 aliphatic rings. The van der Waals surface area contributed by atoms with E-state index in [0.29, 0.717) is 30.3 Å². The second kappa shape index (κ2) is 9.05. The van der Waals surface area contributed by atoms with Crippen LogP contribution in [0.15, 0.2) is 59.4 Å². The molecular weight excluding hydrogens is 394 g/mol. The zero-order valence-corrected chi connectivity index (χ0v) is 17.0.